The van der Waals surface area contributed by atoms with Crippen LogP contribution in [-0.4, -0.2) is 36.8 Å². The summed E-state index contributed by atoms with van der Waals surface area (Å²) in [5.41, 5.74) is 4.23. The van der Waals surface area contributed by atoms with Gasteiger partial charge >= 0.3 is 0 Å². The molecule has 1 aliphatic rings. The molecule has 0 saturated heterocycles. The van der Waals surface area contributed by atoms with Gasteiger partial charge in [0.1, 0.15) is 11.5 Å². The molecule has 0 fully saturated rings. The molecular formula is C26H30ClNO2. The molecule has 0 atom stereocenters. The highest BCUT2D eigenvalue weighted by molar-refractivity contribution is 6.30. The average Bonchev–Trinajstić information content (AvgIpc) is 2.77. The molecule has 1 aliphatic heterocycles. The zero-order valence-corrected chi connectivity index (χ0v) is 18.8. The van der Waals surface area contributed by atoms with Gasteiger partial charge in [0.2, 0.25) is 0 Å². The first-order chi connectivity index (χ1) is 14.5. The van der Waals surface area contributed by atoms with Gasteiger partial charge in [0.15, 0.2) is 0 Å². The van der Waals surface area contributed by atoms with Crippen molar-refractivity contribution >= 4 is 35.6 Å². The fourth-order valence-corrected chi connectivity index (χ4v) is 4.06. The summed E-state index contributed by atoms with van der Waals surface area (Å²) in [5, 5.41) is 13.3. The van der Waals surface area contributed by atoms with Crippen LogP contribution in [0.5, 0.6) is 5.75 Å². The third-order valence-electron chi connectivity index (χ3n) is 5.70. The molecule has 30 heavy (non-hydrogen) atoms. The third kappa shape index (κ3) is 4.80. The van der Waals surface area contributed by atoms with Gasteiger partial charge in [-0.3, -0.25) is 4.90 Å². The maximum atomic E-state index is 11.0. The van der Waals surface area contributed by atoms with Gasteiger partial charge in [0, 0.05) is 28.9 Å². The van der Waals surface area contributed by atoms with Crippen LogP contribution in [0.1, 0.15) is 37.0 Å². The molecule has 158 valence electrons. The number of aliphatic hydroxyl groups excluding tert-OH is 1. The van der Waals surface area contributed by atoms with E-state index in [9.17, 15) is 5.11 Å². The summed E-state index contributed by atoms with van der Waals surface area (Å²) in [5.74, 6) is 1.04. The summed E-state index contributed by atoms with van der Waals surface area (Å²) in [7, 11) is 1.70. The van der Waals surface area contributed by atoms with E-state index < -0.39 is 0 Å². The minimum atomic E-state index is 0.210. The Balaban J connectivity index is 2.14. The molecule has 0 aliphatic carbocycles. The number of methoxy groups -OCH3 is 1. The van der Waals surface area contributed by atoms with Crippen molar-refractivity contribution in [3.05, 3.63) is 74.6 Å². The van der Waals surface area contributed by atoms with Crippen molar-refractivity contribution in [2.24, 2.45) is 0 Å². The number of ether oxygens (including phenoxy) is 1. The molecule has 0 bridgehead atoms. The zero-order valence-electron chi connectivity index (χ0n) is 18.0. The van der Waals surface area contributed by atoms with Gasteiger partial charge in [-0.25, -0.2) is 0 Å². The van der Waals surface area contributed by atoms with Crippen molar-refractivity contribution in [1.29, 1.82) is 0 Å². The highest BCUT2D eigenvalue weighted by Gasteiger charge is 2.18. The fourth-order valence-electron chi connectivity index (χ4n) is 3.94. The van der Waals surface area contributed by atoms with Crippen molar-refractivity contribution in [3.63, 3.8) is 0 Å². The number of rotatable bonds is 6. The van der Waals surface area contributed by atoms with Crippen LogP contribution in [0.3, 0.4) is 0 Å². The maximum absolute atomic E-state index is 11.0. The molecule has 0 saturated carbocycles. The van der Waals surface area contributed by atoms with Crippen LogP contribution in [0, 0.1) is 0 Å². The molecule has 2 aromatic carbocycles. The van der Waals surface area contributed by atoms with Gasteiger partial charge in [0.25, 0.3) is 0 Å². The van der Waals surface area contributed by atoms with Gasteiger partial charge in [0.05, 0.1) is 7.11 Å². The Morgan fingerprint density at radius 3 is 2.57 bits per heavy atom. The summed E-state index contributed by atoms with van der Waals surface area (Å²) in [6, 6.07) is 9.55. The molecule has 0 unspecified atom stereocenters. The van der Waals surface area contributed by atoms with Crippen LogP contribution in [-0.2, 0) is 6.42 Å². The molecule has 0 amide bonds. The molecule has 0 radical (unpaired) electrons. The smallest absolute Gasteiger partial charge is 0.127 e. The van der Waals surface area contributed by atoms with Gasteiger partial charge in [-0.15, -0.1) is 0 Å². The number of halogens is 1. The fraction of sp³-hybridized carbons (Fsp3) is 0.308. The van der Waals surface area contributed by atoms with E-state index in [-0.39, 0.29) is 5.76 Å². The molecule has 1 N–H and O–H groups in total. The topological polar surface area (TPSA) is 32.7 Å². The van der Waals surface area contributed by atoms with Crippen LogP contribution in [0.25, 0.3) is 24.0 Å². The first-order valence-electron chi connectivity index (χ1n) is 10.5. The first kappa shape index (κ1) is 22.2. The minimum absolute atomic E-state index is 0.210. The van der Waals surface area contributed by atoms with Crippen molar-refractivity contribution in [1.82, 2.24) is 4.90 Å². The summed E-state index contributed by atoms with van der Waals surface area (Å²) in [4.78, 5) is 2.40. The van der Waals surface area contributed by atoms with Gasteiger partial charge in [-0.05, 0) is 65.6 Å². The molecule has 2 aromatic rings. The number of hydrogen-bond acceptors (Lipinski definition) is 3. The summed E-state index contributed by atoms with van der Waals surface area (Å²) < 4.78 is 5.73. The quantitative estimate of drug-likeness (QED) is 0.723. The Morgan fingerprint density at radius 1 is 1.27 bits per heavy atom. The molecule has 0 aromatic heterocycles. The van der Waals surface area contributed by atoms with E-state index in [4.69, 9.17) is 16.3 Å². The second-order valence-corrected chi connectivity index (χ2v) is 7.90. The van der Waals surface area contributed by atoms with Gasteiger partial charge in [-0.1, -0.05) is 56.3 Å². The van der Waals surface area contributed by atoms with Crippen molar-refractivity contribution in [2.75, 3.05) is 26.7 Å². The molecular weight excluding hydrogens is 394 g/mol. The lowest BCUT2D eigenvalue weighted by atomic mass is 9.93. The van der Waals surface area contributed by atoms with E-state index in [0.717, 1.165) is 65.4 Å². The Hall–Kier alpha value is -2.49. The number of likely N-dealkylation sites (N-methyl/N-ethyl adjacent to an activating group) is 1. The summed E-state index contributed by atoms with van der Waals surface area (Å²) in [6.07, 6.45) is 7.59. The van der Waals surface area contributed by atoms with E-state index in [1.807, 2.05) is 36.4 Å². The lowest BCUT2D eigenvalue weighted by Gasteiger charge is -2.26. The largest absolute Gasteiger partial charge is 0.507 e. The molecule has 3 nitrogen and oxygen atoms in total. The normalized spacial score (nSPS) is 15.9. The Morgan fingerprint density at radius 2 is 2.00 bits per heavy atom. The zero-order chi connectivity index (χ0) is 21.7. The van der Waals surface area contributed by atoms with E-state index >= 15 is 0 Å². The number of aliphatic hydroxyl groups is 1. The lowest BCUT2D eigenvalue weighted by molar-refractivity contribution is 0.318. The predicted octanol–water partition coefficient (Wildman–Crippen LogP) is 4.81. The monoisotopic (exact) mass is 423 g/mol. The van der Waals surface area contributed by atoms with E-state index in [0.29, 0.717) is 5.02 Å². The van der Waals surface area contributed by atoms with Crippen LogP contribution in [0.2, 0.25) is 5.02 Å². The highest BCUT2D eigenvalue weighted by Crippen LogP contribution is 2.27. The minimum Gasteiger partial charge on any atom is -0.507 e. The Kier molecular flexibility index (Phi) is 7.41. The Bertz CT molecular complexity index is 1070. The molecule has 4 heteroatoms. The van der Waals surface area contributed by atoms with Crippen molar-refractivity contribution in [3.8, 4) is 5.75 Å². The van der Waals surface area contributed by atoms with Crippen LogP contribution < -0.4 is 15.2 Å². The number of nitrogens with zero attached hydrogens (tertiary/aromatic N) is 1. The van der Waals surface area contributed by atoms with E-state index in [2.05, 4.69) is 31.4 Å². The molecule has 0 spiro atoms. The van der Waals surface area contributed by atoms with E-state index in [1.165, 1.54) is 5.57 Å². The van der Waals surface area contributed by atoms with Crippen LogP contribution >= 0.6 is 11.6 Å². The molecule has 3 rings (SSSR count). The van der Waals surface area contributed by atoms with Gasteiger partial charge < -0.3 is 9.84 Å². The Labute approximate surface area is 184 Å². The average molecular weight is 424 g/mol. The third-order valence-corrected chi connectivity index (χ3v) is 5.95. The molecule has 1 heterocycles. The van der Waals surface area contributed by atoms with Crippen LogP contribution in [0.4, 0.5) is 0 Å². The maximum Gasteiger partial charge on any atom is 0.127 e. The second kappa shape index (κ2) is 10.0. The summed E-state index contributed by atoms with van der Waals surface area (Å²) >= 11 is 5.96. The van der Waals surface area contributed by atoms with Crippen molar-refractivity contribution < 1.29 is 9.84 Å². The van der Waals surface area contributed by atoms with Crippen molar-refractivity contribution in [2.45, 2.75) is 26.7 Å². The summed E-state index contributed by atoms with van der Waals surface area (Å²) in [6.45, 7) is 11.6. The SMILES string of the molecule is C=c1c(C2=CCN(CC)CC2)c(OC)cc(CC)c1=C(O)/C=C/c1ccc(Cl)cc1. The number of benzene rings is 2. The standard InChI is InChI=1S/C26H30ClNO2/c1-5-20-17-24(30-4)26(21-13-15-28(6-2)16-14-21)18(3)25(20)23(29)12-9-19-7-10-22(27)11-8-19/h7-13,17,29H,3,5-6,14-16H2,1-2,4H3/b12-9+,25-23?. The van der Waals surface area contributed by atoms with Crippen LogP contribution in [0.15, 0.2) is 42.5 Å². The number of hydrogen-bond donors (Lipinski definition) is 1. The number of aryl methyl sites for hydroxylation is 1. The van der Waals surface area contributed by atoms with Gasteiger partial charge in [-0.2, -0.15) is 0 Å². The first-order valence-corrected chi connectivity index (χ1v) is 10.8. The highest BCUT2D eigenvalue weighted by atomic mass is 35.5. The predicted molar refractivity (Wildman–Crippen MR) is 128 cm³/mol. The van der Waals surface area contributed by atoms with E-state index in [1.54, 1.807) is 13.2 Å². The second-order valence-electron chi connectivity index (χ2n) is 7.46. The lowest BCUT2D eigenvalue weighted by Crippen LogP contribution is -2.35.